The molecule has 1 amide bonds. The molecule has 1 aliphatic rings. The van der Waals surface area contributed by atoms with E-state index >= 15 is 0 Å². The summed E-state index contributed by atoms with van der Waals surface area (Å²) >= 11 is 1.24. The number of aliphatic hydroxyl groups is 1. The summed E-state index contributed by atoms with van der Waals surface area (Å²) in [5, 5.41) is 16.3. The van der Waals surface area contributed by atoms with Crippen LogP contribution in [0.2, 0.25) is 0 Å². The van der Waals surface area contributed by atoms with Gasteiger partial charge in [-0.15, -0.1) is 11.3 Å². The van der Waals surface area contributed by atoms with E-state index in [1.165, 1.54) is 23.3 Å². The highest BCUT2D eigenvalue weighted by atomic mass is 32.1. The molecule has 0 radical (unpaired) electrons. The molecule has 0 spiro atoms. The molecule has 0 saturated heterocycles. The SMILES string of the molecule is COc1ccccc1[C@H]1C(C(=O)c2cccs2)=C(O)C(=O)N1c1cc(C)on1. The first kappa shape index (κ1) is 18.0. The number of amides is 1. The fourth-order valence-electron chi connectivity index (χ4n) is 3.27. The number of aliphatic hydroxyl groups excluding tert-OH is 1. The highest BCUT2D eigenvalue weighted by Gasteiger charge is 2.46. The average Bonchev–Trinajstić information content (AvgIpc) is 3.43. The van der Waals surface area contributed by atoms with Gasteiger partial charge in [0.1, 0.15) is 17.6 Å². The molecule has 0 fully saturated rings. The number of anilines is 1. The van der Waals surface area contributed by atoms with Crippen molar-refractivity contribution in [2.24, 2.45) is 0 Å². The summed E-state index contributed by atoms with van der Waals surface area (Å²) < 4.78 is 10.6. The Morgan fingerprint density at radius 3 is 2.71 bits per heavy atom. The third kappa shape index (κ3) is 2.78. The molecule has 1 aromatic carbocycles. The van der Waals surface area contributed by atoms with E-state index in [0.29, 0.717) is 22.0 Å². The number of para-hydroxylation sites is 1. The van der Waals surface area contributed by atoms with Crippen LogP contribution in [0.25, 0.3) is 0 Å². The van der Waals surface area contributed by atoms with Crippen molar-refractivity contribution in [3.63, 3.8) is 0 Å². The minimum absolute atomic E-state index is 0.0161. The summed E-state index contributed by atoms with van der Waals surface area (Å²) in [6.07, 6.45) is 0. The zero-order valence-corrected chi connectivity index (χ0v) is 15.9. The van der Waals surface area contributed by atoms with Crippen LogP contribution in [0.4, 0.5) is 5.82 Å². The van der Waals surface area contributed by atoms with Gasteiger partial charge in [0.05, 0.1) is 17.6 Å². The van der Waals surface area contributed by atoms with Crippen molar-refractivity contribution >= 4 is 28.8 Å². The Morgan fingerprint density at radius 2 is 2.07 bits per heavy atom. The molecule has 0 unspecified atom stereocenters. The van der Waals surface area contributed by atoms with Crippen molar-refractivity contribution < 1.29 is 24.0 Å². The summed E-state index contributed by atoms with van der Waals surface area (Å²) in [5.41, 5.74) is 0.542. The van der Waals surface area contributed by atoms with Gasteiger partial charge in [0.15, 0.2) is 11.6 Å². The normalized spacial score (nSPS) is 16.7. The number of hydrogen-bond acceptors (Lipinski definition) is 7. The fourth-order valence-corrected chi connectivity index (χ4v) is 3.95. The Morgan fingerprint density at radius 1 is 1.29 bits per heavy atom. The molecule has 4 rings (SSSR count). The van der Waals surface area contributed by atoms with Crippen LogP contribution in [-0.4, -0.2) is 29.1 Å². The molecule has 0 saturated carbocycles. The van der Waals surface area contributed by atoms with Crippen LogP contribution >= 0.6 is 11.3 Å². The molecule has 0 aliphatic carbocycles. The molecule has 1 atom stereocenters. The van der Waals surface area contributed by atoms with Gasteiger partial charge in [-0.25, -0.2) is 0 Å². The van der Waals surface area contributed by atoms with Gasteiger partial charge in [-0.1, -0.05) is 29.4 Å². The Hall–Kier alpha value is -3.39. The monoisotopic (exact) mass is 396 g/mol. The zero-order valence-electron chi connectivity index (χ0n) is 15.1. The molecule has 8 heteroatoms. The number of thiophene rings is 1. The van der Waals surface area contributed by atoms with Crippen LogP contribution in [0.3, 0.4) is 0 Å². The van der Waals surface area contributed by atoms with Crippen molar-refractivity contribution in [1.82, 2.24) is 5.16 Å². The number of Topliss-reactive ketones (excluding diaryl/α,β-unsaturated/α-hetero) is 1. The minimum Gasteiger partial charge on any atom is -0.503 e. The van der Waals surface area contributed by atoms with Crippen LogP contribution in [0, 0.1) is 6.92 Å². The lowest BCUT2D eigenvalue weighted by Crippen LogP contribution is -2.31. The van der Waals surface area contributed by atoms with Crippen LogP contribution in [-0.2, 0) is 4.79 Å². The number of benzene rings is 1. The molecular formula is C20H16N2O5S. The molecule has 142 valence electrons. The second-order valence-corrected chi connectivity index (χ2v) is 7.13. The maximum Gasteiger partial charge on any atom is 0.295 e. The number of ether oxygens (including phenoxy) is 1. The highest BCUT2D eigenvalue weighted by molar-refractivity contribution is 7.12. The van der Waals surface area contributed by atoms with E-state index in [1.807, 2.05) is 0 Å². The number of hydrogen-bond donors (Lipinski definition) is 1. The quantitative estimate of drug-likeness (QED) is 0.659. The number of rotatable bonds is 5. The van der Waals surface area contributed by atoms with E-state index in [1.54, 1.807) is 54.8 Å². The van der Waals surface area contributed by atoms with Crippen molar-refractivity contribution in [3.8, 4) is 5.75 Å². The number of carbonyl (C=O) groups is 2. The lowest BCUT2D eigenvalue weighted by Gasteiger charge is -2.25. The molecule has 3 heterocycles. The van der Waals surface area contributed by atoms with Gasteiger partial charge in [-0.3, -0.25) is 14.5 Å². The van der Waals surface area contributed by atoms with Crippen molar-refractivity contribution in [3.05, 3.63) is 75.4 Å². The molecule has 2 aromatic heterocycles. The lowest BCUT2D eigenvalue weighted by molar-refractivity contribution is -0.117. The molecule has 1 aliphatic heterocycles. The summed E-state index contributed by atoms with van der Waals surface area (Å²) in [7, 11) is 1.50. The Labute approximate surface area is 164 Å². The maximum absolute atomic E-state index is 13.2. The Balaban J connectivity index is 1.92. The first-order chi connectivity index (χ1) is 13.5. The van der Waals surface area contributed by atoms with Gasteiger partial charge in [-0.2, -0.15) is 0 Å². The van der Waals surface area contributed by atoms with Gasteiger partial charge in [-0.05, 0) is 24.4 Å². The summed E-state index contributed by atoms with van der Waals surface area (Å²) in [5.74, 6) is -0.548. The molecular weight excluding hydrogens is 380 g/mol. The number of nitrogens with zero attached hydrogens (tertiary/aromatic N) is 2. The second-order valence-electron chi connectivity index (χ2n) is 6.18. The summed E-state index contributed by atoms with van der Waals surface area (Å²) in [6, 6.07) is 11.1. The average molecular weight is 396 g/mol. The van der Waals surface area contributed by atoms with Gasteiger partial charge in [0.25, 0.3) is 5.91 Å². The van der Waals surface area contributed by atoms with Crippen molar-refractivity contribution in [2.75, 3.05) is 12.0 Å². The largest absolute Gasteiger partial charge is 0.503 e. The van der Waals surface area contributed by atoms with E-state index in [0.717, 1.165) is 0 Å². The predicted molar refractivity (Wildman–Crippen MR) is 103 cm³/mol. The van der Waals surface area contributed by atoms with Crippen molar-refractivity contribution in [1.29, 1.82) is 0 Å². The fraction of sp³-hybridized carbons (Fsp3) is 0.150. The molecule has 1 N–H and O–H groups in total. The number of methoxy groups -OCH3 is 1. The number of aromatic nitrogens is 1. The Bertz CT molecular complexity index is 1080. The van der Waals surface area contributed by atoms with Crippen LogP contribution in [0.1, 0.15) is 27.0 Å². The first-order valence-electron chi connectivity index (χ1n) is 8.44. The number of ketones is 1. The summed E-state index contributed by atoms with van der Waals surface area (Å²) in [6.45, 7) is 1.69. The molecule has 3 aromatic rings. The van der Waals surface area contributed by atoms with E-state index in [-0.39, 0.29) is 11.4 Å². The highest BCUT2D eigenvalue weighted by Crippen LogP contribution is 2.44. The standard InChI is InChI=1S/C20H16N2O5S/c1-11-10-15(21-27-11)22-17(12-6-3-4-7-13(12)26-2)16(19(24)20(22)25)18(23)14-8-5-9-28-14/h3-10,17,24H,1-2H3/t17-/m0/s1. The van der Waals surface area contributed by atoms with Gasteiger partial charge >= 0.3 is 0 Å². The van der Waals surface area contributed by atoms with Crippen LogP contribution < -0.4 is 9.64 Å². The third-order valence-corrected chi connectivity index (χ3v) is 5.36. The van der Waals surface area contributed by atoms with Crippen molar-refractivity contribution in [2.45, 2.75) is 13.0 Å². The minimum atomic E-state index is -0.900. The molecule has 7 nitrogen and oxygen atoms in total. The first-order valence-corrected chi connectivity index (χ1v) is 9.32. The van der Waals surface area contributed by atoms with E-state index < -0.39 is 23.5 Å². The maximum atomic E-state index is 13.2. The van der Waals surface area contributed by atoms with E-state index in [2.05, 4.69) is 5.16 Å². The topological polar surface area (TPSA) is 92.9 Å². The van der Waals surface area contributed by atoms with Gasteiger partial charge in [0, 0.05) is 11.6 Å². The van der Waals surface area contributed by atoms with E-state index in [9.17, 15) is 14.7 Å². The smallest absolute Gasteiger partial charge is 0.295 e. The zero-order chi connectivity index (χ0) is 19.8. The lowest BCUT2D eigenvalue weighted by atomic mass is 9.94. The van der Waals surface area contributed by atoms with Crippen LogP contribution in [0.5, 0.6) is 5.75 Å². The number of carbonyl (C=O) groups excluding carboxylic acids is 2. The Kier molecular flexibility index (Phi) is 4.48. The molecule has 0 bridgehead atoms. The molecule has 28 heavy (non-hydrogen) atoms. The summed E-state index contributed by atoms with van der Waals surface area (Å²) in [4.78, 5) is 27.8. The predicted octanol–water partition coefficient (Wildman–Crippen LogP) is 3.84. The van der Waals surface area contributed by atoms with Gasteiger partial charge in [0.2, 0.25) is 5.78 Å². The third-order valence-electron chi connectivity index (χ3n) is 4.49. The second kappa shape index (κ2) is 6.97. The van der Waals surface area contributed by atoms with E-state index in [4.69, 9.17) is 9.26 Å². The van der Waals surface area contributed by atoms with Crippen LogP contribution in [0.15, 0.2) is 63.7 Å². The van der Waals surface area contributed by atoms with Gasteiger partial charge < -0.3 is 14.4 Å². The number of aryl methyl sites for hydroxylation is 1.